The summed E-state index contributed by atoms with van der Waals surface area (Å²) in [5.41, 5.74) is 6.06. The van der Waals surface area contributed by atoms with Crippen LogP contribution >= 0.6 is 11.6 Å². The molecule has 0 bridgehead atoms. The van der Waals surface area contributed by atoms with Crippen molar-refractivity contribution in [3.8, 4) is 0 Å². The standard InChI is InChI=1S/C12H14ClF2NO2/c1-2-18-12(17)4-3-11(16)7-5-9(14)10(15)6-8(7)13/h5-6,11H,2-4,16H2,1H3. The normalized spacial score (nSPS) is 12.3. The lowest BCUT2D eigenvalue weighted by molar-refractivity contribution is -0.143. The van der Waals surface area contributed by atoms with Crippen LogP contribution in [0.5, 0.6) is 0 Å². The Labute approximate surface area is 109 Å². The first-order chi connectivity index (χ1) is 8.45. The van der Waals surface area contributed by atoms with Gasteiger partial charge in [0.25, 0.3) is 0 Å². The minimum absolute atomic E-state index is 0.0465. The summed E-state index contributed by atoms with van der Waals surface area (Å²) in [6, 6.07) is 1.18. The molecule has 1 unspecified atom stereocenters. The highest BCUT2D eigenvalue weighted by Gasteiger charge is 2.16. The average Bonchev–Trinajstić information content (AvgIpc) is 2.31. The number of halogens is 3. The zero-order valence-corrected chi connectivity index (χ0v) is 10.6. The Morgan fingerprint density at radius 2 is 2.06 bits per heavy atom. The molecule has 0 aliphatic heterocycles. The molecule has 0 radical (unpaired) electrons. The highest BCUT2D eigenvalue weighted by atomic mass is 35.5. The minimum atomic E-state index is -1.03. The quantitative estimate of drug-likeness (QED) is 0.665. The van der Waals surface area contributed by atoms with Gasteiger partial charge in [0.2, 0.25) is 0 Å². The smallest absolute Gasteiger partial charge is 0.305 e. The van der Waals surface area contributed by atoms with Gasteiger partial charge in [0.05, 0.1) is 6.61 Å². The molecule has 3 nitrogen and oxygen atoms in total. The van der Waals surface area contributed by atoms with E-state index in [9.17, 15) is 13.6 Å². The second kappa shape index (κ2) is 6.66. The Morgan fingerprint density at radius 1 is 1.44 bits per heavy atom. The van der Waals surface area contributed by atoms with Gasteiger partial charge in [-0.1, -0.05) is 11.6 Å². The first-order valence-corrected chi connectivity index (χ1v) is 5.89. The summed E-state index contributed by atoms with van der Waals surface area (Å²) in [5, 5.41) is 0.0465. The van der Waals surface area contributed by atoms with Crippen LogP contribution in [0.4, 0.5) is 8.78 Å². The van der Waals surface area contributed by atoms with Crippen molar-refractivity contribution in [2.75, 3.05) is 6.61 Å². The number of nitrogens with two attached hydrogens (primary N) is 1. The predicted octanol–water partition coefficient (Wildman–Crippen LogP) is 2.96. The van der Waals surface area contributed by atoms with Crippen molar-refractivity contribution in [1.29, 1.82) is 0 Å². The number of carbonyl (C=O) groups excluding carboxylic acids is 1. The van der Waals surface area contributed by atoms with E-state index in [0.717, 1.165) is 12.1 Å². The van der Waals surface area contributed by atoms with E-state index in [1.54, 1.807) is 6.92 Å². The van der Waals surface area contributed by atoms with E-state index in [0.29, 0.717) is 6.61 Å². The van der Waals surface area contributed by atoms with Gasteiger partial charge in [-0.05, 0) is 31.0 Å². The largest absolute Gasteiger partial charge is 0.466 e. The highest BCUT2D eigenvalue weighted by molar-refractivity contribution is 6.31. The fourth-order valence-electron chi connectivity index (χ4n) is 1.48. The van der Waals surface area contributed by atoms with Gasteiger partial charge < -0.3 is 10.5 Å². The van der Waals surface area contributed by atoms with Crippen LogP contribution in [0.15, 0.2) is 12.1 Å². The molecule has 18 heavy (non-hydrogen) atoms. The van der Waals surface area contributed by atoms with Gasteiger partial charge >= 0.3 is 5.97 Å². The van der Waals surface area contributed by atoms with Crippen LogP contribution in [-0.2, 0) is 9.53 Å². The number of carbonyl (C=O) groups is 1. The van der Waals surface area contributed by atoms with E-state index in [2.05, 4.69) is 0 Å². The second-order valence-corrected chi connectivity index (χ2v) is 4.15. The molecule has 0 amide bonds. The molecule has 0 aromatic heterocycles. The molecule has 1 rings (SSSR count). The Kier molecular flexibility index (Phi) is 5.50. The number of ether oxygens (including phenoxy) is 1. The van der Waals surface area contributed by atoms with Gasteiger partial charge in [-0.2, -0.15) is 0 Å². The van der Waals surface area contributed by atoms with E-state index in [-0.39, 0.29) is 29.4 Å². The molecule has 0 spiro atoms. The Bertz CT molecular complexity index is 440. The van der Waals surface area contributed by atoms with E-state index in [1.165, 1.54) is 0 Å². The molecule has 0 fully saturated rings. The third-order valence-corrected chi connectivity index (χ3v) is 2.73. The summed E-state index contributed by atoms with van der Waals surface area (Å²) in [5.74, 6) is -2.42. The lowest BCUT2D eigenvalue weighted by Gasteiger charge is -2.13. The van der Waals surface area contributed by atoms with Crippen LogP contribution in [0.1, 0.15) is 31.4 Å². The number of hydrogen-bond acceptors (Lipinski definition) is 3. The van der Waals surface area contributed by atoms with Crippen LogP contribution < -0.4 is 5.73 Å². The van der Waals surface area contributed by atoms with Crippen molar-refractivity contribution in [1.82, 2.24) is 0 Å². The van der Waals surface area contributed by atoms with Crippen LogP contribution in [0.25, 0.3) is 0 Å². The molecule has 2 N–H and O–H groups in total. The minimum Gasteiger partial charge on any atom is -0.466 e. The molecule has 1 atom stereocenters. The molecule has 0 saturated heterocycles. The summed E-state index contributed by atoms with van der Waals surface area (Å²) in [4.78, 5) is 11.1. The number of benzene rings is 1. The van der Waals surface area contributed by atoms with Crippen LogP contribution in [-0.4, -0.2) is 12.6 Å². The second-order valence-electron chi connectivity index (χ2n) is 3.74. The van der Waals surface area contributed by atoms with Crippen molar-refractivity contribution in [2.45, 2.75) is 25.8 Å². The third-order valence-electron chi connectivity index (χ3n) is 2.40. The summed E-state index contributed by atoms with van der Waals surface area (Å²) in [6.07, 6.45) is 0.355. The summed E-state index contributed by atoms with van der Waals surface area (Å²) in [7, 11) is 0. The Balaban J connectivity index is 2.69. The number of esters is 1. The van der Waals surface area contributed by atoms with Crippen molar-refractivity contribution >= 4 is 17.6 Å². The molecule has 0 heterocycles. The van der Waals surface area contributed by atoms with Gasteiger partial charge in [0, 0.05) is 17.5 Å². The molecule has 1 aromatic carbocycles. The van der Waals surface area contributed by atoms with E-state index in [4.69, 9.17) is 22.1 Å². The van der Waals surface area contributed by atoms with Crippen molar-refractivity contribution in [3.05, 3.63) is 34.4 Å². The molecule has 0 saturated carbocycles. The van der Waals surface area contributed by atoms with Crippen LogP contribution in [0.2, 0.25) is 5.02 Å². The molecule has 0 aliphatic rings. The zero-order chi connectivity index (χ0) is 13.7. The van der Waals surface area contributed by atoms with Gasteiger partial charge in [0.1, 0.15) is 0 Å². The maximum atomic E-state index is 13.1. The fourth-order valence-corrected chi connectivity index (χ4v) is 1.77. The van der Waals surface area contributed by atoms with Crippen molar-refractivity contribution in [2.24, 2.45) is 5.73 Å². The van der Waals surface area contributed by atoms with Crippen LogP contribution in [0, 0.1) is 11.6 Å². The predicted molar refractivity (Wildman–Crippen MR) is 64.2 cm³/mol. The maximum absolute atomic E-state index is 13.1. The Morgan fingerprint density at radius 3 is 2.67 bits per heavy atom. The van der Waals surface area contributed by atoms with E-state index >= 15 is 0 Å². The topological polar surface area (TPSA) is 52.3 Å². The molecule has 1 aromatic rings. The third kappa shape index (κ3) is 3.92. The fraction of sp³-hybridized carbons (Fsp3) is 0.417. The number of rotatable bonds is 5. The van der Waals surface area contributed by atoms with E-state index in [1.807, 2.05) is 0 Å². The molecule has 0 aliphatic carbocycles. The highest BCUT2D eigenvalue weighted by Crippen LogP contribution is 2.27. The maximum Gasteiger partial charge on any atom is 0.305 e. The number of hydrogen-bond donors (Lipinski definition) is 1. The first kappa shape index (κ1) is 14.9. The SMILES string of the molecule is CCOC(=O)CCC(N)c1cc(F)c(F)cc1Cl. The van der Waals surface area contributed by atoms with E-state index < -0.39 is 17.7 Å². The average molecular weight is 278 g/mol. The summed E-state index contributed by atoms with van der Waals surface area (Å²) < 4.78 is 30.7. The summed E-state index contributed by atoms with van der Waals surface area (Å²) in [6.45, 7) is 1.99. The summed E-state index contributed by atoms with van der Waals surface area (Å²) >= 11 is 5.77. The molecule has 100 valence electrons. The van der Waals surface area contributed by atoms with Crippen molar-refractivity contribution < 1.29 is 18.3 Å². The first-order valence-electron chi connectivity index (χ1n) is 5.51. The lowest BCUT2D eigenvalue weighted by Crippen LogP contribution is -2.14. The lowest BCUT2D eigenvalue weighted by atomic mass is 10.0. The molecule has 6 heteroatoms. The van der Waals surface area contributed by atoms with Gasteiger partial charge in [-0.15, -0.1) is 0 Å². The van der Waals surface area contributed by atoms with Gasteiger partial charge in [-0.25, -0.2) is 8.78 Å². The zero-order valence-electron chi connectivity index (χ0n) is 9.88. The van der Waals surface area contributed by atoms with Gasteiger partial charge in [0.15, 0.2) is 11.6 Å². The van der Waals surface area contributed by atoms with Crippen molar-refractivity contribution in [3.63, 3.8) is 0 Å². The van der Waals surface area contributed by atoms with Gasteiger partial charge in [-0.3, -0.25) is 4.79 Å². The Hall–Kier alpha value is -1.20. The monoisotopic (exact) mass is 277 g/mol. The molecular formula is C12H14ClF2NO2. The van der Waals surface area contributed by atoms with Crippen LogP contribution in [0.3, 0.4) is 0 Å². The molecular weight excluding hydrogens is 264 g/mol.